The van der Waals surface area contributed by atoms with Crippen molar-refractivity contribution in [1.82, 2.24) is 14.5 Å². The fourth-order valence-electron chi connectivity index (χ4n) is 2.45. The summed E-state index contributed by atoms with van der Waals surface area (Å²) in [4.78, 5) is 17.1. The van der Waals surface area contributed by atoms with Gasteiger partial charge in [0.25, 0.3) is 0 Å². The van der Waals surface area contributed by atoms with Crippen LogP contribution in [0.2, 0.25) is 0 Å². The van der Waals surface area contributed by atoms with Crippen LogP contribution in [0.25, 0.3) is 0 Å². The molecule has 1 unspecified atom stereocenters. The molecule has 1 aromatic heterocycles. The minimum absolute atomic E-state index is 0.0834. The van der Waals surface area contributed by atoms with Gasteiger partial charge in [-0.3, -0.25) is 4.79 Å². The third-order valence-electron chi connectivity index (χ3n) is 3.46. The van der Waals surface area contributed by atoms with E-state index in [0.29, 0.717) is 10.5 Å². The molecule has 2 rings (SSSR count). The lowest BCUT2D eigenvalue weighted by Gasteiger charge is -2.30. The smallest absolute Gasteiger partial charge is 0.245 e. The highest BCUT2D eigenvalue weighted by Gasteiger charge is 2.25. The maximum Gasteiger partial charge on any atom is 0.245 e. The summed E-state index contributed by atoms with van der Waals surface area (Å²) in [5.41, 5.74) is 0.651. The highest BCUT2D eigenvalue weighted by atomic mass is 32.1. The third-order valence-corrected chi connectivity index (χ3v) is 3.78. The van der Waals surface area contributed by atoms with Crippen molar-refractivity contribution < 1.29 is 9.90 Å². The summed E-state index contributed by atoms with van der Waals surface area (Å²) in [5.74, 6) is 0.0834. The Morgan fingerprint density at radius 3 is 2.78 bits per heavy atom. The molecule has 0 spiro atoms. The largest absolute Gasteiger partial charge is 0.390 e. The van der Waals surface area contributed by atoms with E-state index in [1.54, 1.807) is 10.8 Å². The van der Waals surface area contributed by atoms with Gasteiger partial charge in [0.2, 0.25) is 5.91 Å². The van der Waals surface area contributed by atoms with E-state index in [4.69, 9.17) is 12.2 Å². The third kappa shape index (κ3) is 2.49. The van der Waals surface area contributed by atoms with Crippen molar-refractivity contribution in [3.63, 3.8) is 0 Å². The zero-order valence-electron chi connectivity index (χ0n) is 10.6. The van der Waals surface area contributed by atoms with E-state index in [2.05, 4.69) is 4.98 Å². The quantitative estimate of drug-likeness (QED) is 0.820. The number of aromatic amines is 1. The number of imidazole rings is 1. The summed E-state index contributed by atoms with van der Waals surface area (Å²) in [6.07, 6.45) is 5.00. The van der Waals surface area contributed by atoms with E-state index in [1.807, 2.05) is 11.8 Å². The maximum absolute atomic E-state index is 12.4. The number of likely N-dealkylation sites (tertiary alicyclic amines) is 1. The minimum atomic E-state index is -0.357. The van der Waals surface area contributed by atoms with E-state index in [0.717, 1.165) is 25.9 Å². The van der Waals surface area contributed by atoms with Crippen molar-refractivity contribution in [2.75, 3.05) is 13.1 Å². The van der Waals surface area contributed by atoms with Crippen LogP contribution in [0, 0.1) is 4.77 Å². The predicted molar refractivity (Wildman–Crippen MR) is 70.7 cm³/mol. The molecular weight excluding hydrogens is 250 g/mol. The molecular formula is C12H19N3O2S. The van der Waals surface area contributed by atoms with E-state index >= 15 is 0 Å². The number of nitrogens with zero attached hydrogens (tertiary/aromatic N) is 2. The summed E-state index contributed by atoms with van der Waals surface area (Å²) in [6, 6.07) is -0.357. The molecule has 0 aromatic carbocycles. The van der Waals surface area contributed by atoms with Crippen molar-refractivity contribution in [3.8, 4) is 0 Å². The standard InChI is InChI=1S/C12H19N3O2S/c1-9(11(17)14-5-3-2-4-6-14)15-10(8-16)7-13-12(15)18/h7,9,16H,2-6,8H2,1H3,(H,13,18). The highest BCUT2D eigenvalue weighted by Crippen LogP contribution is 2.18. The van der Waals surface area contributed by atoms with Gasteiger partial charge in [0.05, 0.1) is 12.3 Å². The zero-order chi connectivity index (χ0) is 13.1. The topological polar surface area (TPSA) is 61.3 Å². The monoisotopic (exact) mass is 269 g/mol. The second-order valence-electron chi connectivity index (χ2n) is 4.68. The summed E-state index contributed by atoms with van der Waals surface area (Å²) < 4.78 is 2.18. The first-order valence-corrected chi connectivity index (χ1v) is 6.74. The molecule has 1 amide bonds. The van der Waals surface area contributed by atoms with Crippen molar-refractivity contribution in [2.45, 2.75) is 38.8 Å². The Morgan fingerprint density at radius 1 is 1.50 bits per heavy atom. The average molecular weight is 269 g/mol. The Kier molecular flexibility index (Phi) is 4.19. The van der Waals surface area contributed by atoms with Gasteiger partial charge < -0.3 is 19.6 Å². The molecule has 1 saturated heterocycles. The van der Waals surface area contributed by atoms with Crippen molar-refractivity contribution in [1.29, 1.82) is 0 Å². The normalized spacial score (nSPS) is 17.8. The second-order valence-corrected chi connectivity index (χ2v) is 5.06. The molecule has 0 radical (unpaired) electrons. The van der Waals surface area contributed by atoms with Crippen LogP contribution in [0.1, 0.15) is 37.9 Å². The second kappa shape index (κ2) is 5.67. The lowest BCUT2D eigenvalue weighted by Crippen LogP contribution is -2.40. The van der Waals surface area contributed by atoms with Crippen LogP contribution in [-0.2, 0) is 11.4 Å². The van der Waals surface area contributed by atoms with E-state index in [9.17, 15) is 9.90 Å². The van der Waals surface area contributed by atoms with Crippen molar-refractivity contribution in [2.24, 2.45) is 0 Å². The molecule has 18 heavy (non-hydrogen) atoms. The number of carbonyl (C=O) groups excluding carboxylic acids is 1. The number of aliphatic hydroxyl groups is 1. The SMILES string of the molecule is CC(C(=O)N1CCCCC1)n1c(CO)c[nH]c1=S. The Hall–Kier alpha value is -1.14. The summed E-state index contributed by atoms with van der Waals surface area (Å²) in [6.45, 7) is 3.37. The Balaban J connectivity index is 2.19. The van der Waals surface area contributed by atoms with Gasteiger partial charge in [0.15, 0.2) is 4.77 Å². The van der Waals surface area contributed by atoms with Gasteiger partial charge in [-0.1, -0.05) is 0 Å². The first-order valence-electron chi connectivity index (χ1n) is 6.33. The first-order chi connectivity index (χ1) is 8.65. The van der Waals surface area contributed by atoms with Crippen LogP contribution >= 0.6 is 12.2 Å². The maximum atomic E-state index is 12.4. The summed E-state index contributed by atoms with van der Waals surface area (Å²) in [5, 5.41) is 9.26. The van der Waals surface area contributed by atoms with Crippen LogP contribution in [0.5, 0.6) is 0 Å². The number of rotatable bonds is 3. The van der Waals surface area contributed by atoms with Gasteiger partial charge in [-0.2, -0.15) is 0 Å². The molecule has 1 aliphatic rings. The molecule has 6 heteroatoms. The van der Waals surface area contributed by atoms with Gasteiger partial charge in [-0.05, 0) is 38.4 Å². The molecule has 2 N–H and O–H groups in total. The van der Waals surface area contributed by atoms with E-state index in [1.165, 1.54) is 6.42 Å². The number of piperidine rings is 1. The minimum Gasteiger partial charge on any atom is -0.390 e. The van der Waals surface area contributed by atoms with E-state index in [-0.39, 0.29) is 18.6 Å². The van der Waals surface area contributed by atoms with Crippen LogP contribution < -0.4 is 0 Å². The molecule has 1 fully saturated rings. The zero-order valence-corrected chi connectivity index (χ0v) is 11.4. The molecule has 1 aliphatic heterocycles. The predicted octanol–water partition coefficient (Wildman–Crippen LogP) is 1.61. The Labute approximate surface area is 111 Å². The first kappa shape index (κ1) is 13.3. The Morgan fingerprint density at radius 2 is 2.17 bits per heavy atom. The molecule has 1 atom stereocenters. The molecule has 5 nitrogen and oxygen atoms in total. The highest BCUT2D eigenvalue weighted by molar-refractivity contribution is 7.71. The molecule has 0 saturated carbocycles. The average Bonchev–Trinajstić information content (AvgIpc) is 2.79. The van der Waals surface area contributed by atoms with Crippen LogP contribution in [0.4, 0.5) is 0 Å². The van der Waals surface area contributed by atoms with Crippen LogP contribution in [-0.4, -0.2) is 38.6 Å². The number of amides is 1. The fourth-order valence-corrected chi connectivity index (χ4v) is 2.78. The molecule has 1 aromatic rings. The molecule has 0 bridgehead atoms. The summed E-state index contributed by atoms with van der Waals surface area (Å²) in [7, 11) is 0. The van der Waals surface area contributed by atoms with E-state index < -0.39 is 0 Å². The number of hydrogen-bond donors (Lipinski definition) is 2. The number of nitrogens with one attached hydrogen (secondary N) is 1. The van der Waals surface area contributed by atoms with Crippen LogP contribution in [0.15, 0.2) is 6.20 Å². The summed E-state index contributed by atoms with van der Waals surface area (Å²) >= 11 is 5.16. The number of aliphatic hydroxyl groups excluding tert-OH is 1. The fraction of sp³-hybridized carbons (Fsp3) is 0.667. The van der Waals surface area contributed by atoms with Gasteiger partial charge >= 0.3 is 0 Å². The van der Waals surface area contributed by atoms with Gasteiger partial charge in [0, 0.05) is 19.3 Å². The van der Waals surface area contributed by atoms with Crippen molar-refractivity contribution in [3.05, 3.63) is 16.7 Å². The number of carbonyl (C=O) groups is 1. The Bertz CT molecular complexity index is 474. The van der Waals surface area contributed by atoms with Crippen LogP contribution in [0.3, 0.4) is 0 Å². The number of aromatic nitrogens is 2. The van der Waals surface area contributed by atoms with Crippen molar-refractivity contribution >= 4 is 18.1 Å². The lowest BCUT2D eigenvalue weighted by atomic mass is 10.1. The molecule has 2 heterocycles. The van der Waals surface area contributed by atoms with Gasteiger partial charge in [-0.15, -0.1) is 0 Å². The molecule has 0 aliphatic carbocycles. The number of hydrogen-bond acceptors (Lipinski definition) is 3. The molecule has 100 valence electrons. The van der Waals surface area contributed by atoms with Gasteiger partial charge in [-0.25, -0.2) is 0 Å². The van der Waals surface area contributed by atoms with Gasteiger partial charge in [0.1, 0.15) is 6.04 Å². The number of H-pyrrole nitrogens is 1. The lowest BCUT2D eigenvalue weighted by molar-refractivity contribution is -0.135.